The zero-order valence-corrected chi connectivity index (χ0v) is 25.1. The van der Waals surface area contributed by atoms with Crippen LogP contribution in [0.3, 0.4) is 0 Å². The van der Waals surface area contributed by atoms with Gasteiger partial charge in [0.05, 0.1) is 25.1 Å². The lowest BCUT2D eigenvalue weighted by atomic mass is 10.1. The minimum absolute atomic E-state index is 0.163. The second-order valence-corrected chi connectivity index (χ2v) is 12.3. The Bertz CT molecular complexity index is 1590. The molecular weight excluding hydrogens is 589 g/mol. The number of carbonyl (C=O) groups is 1. The molecule has 0 saturated heterocycles. The average molecular weight is 623 g/mol. The smallest absolute Gasteiger partial charge is 0.423 e. The first-order chi connectivity index (χ1) is 20.2. The van der Waals surface area contributed by atoms with E-state index in [0.29, 0.717) is 36.1 Å². The Morgan fingerprint density at radius 1 is 1.14 bits per heavy atom. The Kier molecular flexibility index (Phi) is 9.47. The summed E-state index contributed by atoms with van der Waals surface area (Å²) in [6.45, 7) is 1.08. The monoisotopic (exact) mass is 622 g/mol. The number of nitrogens with zero attached hydrogens (tertiary/aromatic N) is 4. The first-order valence-electron chi connectivity index (χ1n) is 13.2. The van der Waals surface area contributed by atoms with Crippen molar-refractivity contribution in [3.8, 4) is 11.6 Å². The number of alkyl halides is 3. The number of benzene rings is 2. The van der Waals surface area contributed by atoms with E-state index < -0.39 is 39.8 Å². The van der Waals surface area contributed by atoms with Crippen molar-refractivity contribution in [3.05, 3.63) is 70.9 Å². The number of halogens is 3. The van der Waals surface area contributed by atoms with Gasteiger partial charge in [-0.15, -0.1) is 0 Å². The highest BCUT2D eigenvalue weighted by Gasteiger charge is 2.43. The molecule has 1 aromatic heterocycles. The maximum atomic E-state index is 14.0. The van der Waals surface area contributed by atoms with Crippen LogP contribution in [0.15, 0.2) is 48.7 Å². The number of methoxy groups -OCH3 is 1. The molecule has 4 rings (SSSR count). The van der Waals surface area contributed by atoms with Crippen LogP contribution in [0.5, 0.6) is 11.6 Å². The van der Waals surface area contributed by atoms with Crippen molar-refractivity contribution in [1.82, 2.24) is 24.5 Å². The van der Waals surface area contributed by atoms with E-state index in [2.05, 4.69) is 20.6 Å². The number of aromatic nitrogens is 2. The third-order valence-corrected chi connectivity index (χ3v) is 8.21. The minimum atomic E-state index is -4.85. The molecule has 2 N–H and O–H groups in total. The van der Waals surface area contributed by atoms with Crippen molar-refractivity contribution >= 4 is 27.6 Å². The van der Waals surface area contributed by atoms with Crippen LogP contribution >= 0.6 is 0 Å². The quantitative estimate of drug-likeness (QED) is 0.331. The number of rotatable bonds is 11. The zero-order valence-electron chi connectivity index (χ0n) is 24.3. The van der Waals surface area contributed by atoms with Crippen molar-refractivity contribution in [2.45, 2.75) is 24.7 Å². The lowest BCUT2D eigenvalue weighted by Crippen LogP contribution is -2.38. The van der Waals surface area contributed by atoms with Crippen molar-refractivity contribution in [1.29, 1.82) is 0 Å². The molecule has 1 amide bonds. The molecule has 2 atom stereocenters. The number of ether oxygens (including phenoxy) is 2. The summed E-state index contributed by atoms with van der Waals surface area (Å²) in [7, 11) is 2.78. The van der Waals surface area contributed by atoms with Crippen molar-refractivity contribution in [2.75, 3.05) is 52.9 Å². The van der Waals surface area contributed by atoms with Gasteiger partial charge in [0, 0.05) is 38.3 Å². The van der Waals surface area contributed by atoms with E-state index in [1.165, 1.54) is 32.4 Å². The molecule has 0 radical (unpaired) electrons. The van der Waals surface area contributed by atoms with E-state index >= 15 is 0 Å². The second kappa shape index (κ2) is 12.7. The molecule has 232 valence electrons. The highest BCUT2D eigenvalue weighted by Crippen LogP contribution is 2.42. The van der Waals surface area contributed by atoms with Crippen LogP contribution in [-0.2, 0) is 22.6 Å². The fraction of sp³-hybridized carbons (Fsp3) is 0.393. The molecular formula is C28H33F3N6O5S. The van der Waals surface area contributed by atoms with Gasteiger partial charge in [-0.1, -0.05) is 24.3 Å². The van der Waals surface area contributed by atoms with E-state index in [-0.39, 0.29) is 24.0 Å². The number of fused-ring (bicyclic) bond motifs is 1. The van der Waals surface area contributed by atoms with Crippen LogP contribution in [0.4, 0.5) is 24.8 Å². The number of carbonyl (C=O) groups excluding carboxylic acids is 1. The maximum Gasteiger partial charge on any atom is 0.423 e. The molecule has 0 bridgehead atoms. The number of nitrogens with one attached hydrogen (secondary N) is 2. The molecule has 0 unspecified atom stereocenters. The summed E-state index contributed by atoms with van der Waals surface area (Å²) in [5.41, 5.74) is 0.786. The van der Waals surface area contributed by atoms with Gasteiger partial charge in [0.15, 0.2) is 0 Å². The van der Waals surface area contributed by atoms with E-state index in [0.717, 1.165) is 16.1 Å². The number of anilines is 2. The van der Waals surface area contributed by atoms with Gasteiger partial charge in [0.1, 0.15) is 17.4 Å². The second-order valence-electron chi connectivity index (χ2n) is 10.3. The first kappa shape index (κ1) is 32.0. The zero-order chi connectivity index (χ0) is 31.5. The Morgan fingerprint density at radius 3 is 2.51 bits per heavy atom. The summed E-state index contributed by atoms with van der Waals surface area (Å²) < 4.78 is 79.3. The summed E-state index contributed by atoms with van der Waals surface area (Å²) in [6.07, 6.45) is -4.07. The fourth-order valence-corrected chi connectivity index (χ4v) is 5.35. The van der Waals surface area contributed by atoms with Crippen LogP contribution in [0.1, 0.15) is 33.1 Å². The molecule has 1 aliphatic carbocycles. The van der Waals surface area contributed by atoms with Crippen LogP contribution in [0, 0.1) is 0 Å². The Morgan fingerprint density at radius 2 is 1.86 bits per heavy atom. The van der Waals surface area contributed by atoms with Gasteiger partial charge in [-0.2, -0.15) is 22.5 Å². The van der Waals surface area contributed by atoms with Crippen LogP contribution in [0.25, 0.3) is 0 Å². The summed E-state index contributed by atoms with van der Waals surface area (Å²) >= 11 is 0. The molecule has 1 aliphatic rings. The number of amides is 1. The van der Waals surface area contributed by atoms with E-state index in [1.54, 1.807) is 24.3 Å². The van der Waals surface area contributed by atoms with Crippen LogP contribution < -0.4 is 20.1 Å². The third kappa shape index (κ3) is 7.53. The van der Waals surface area contributed by atoms with E-state index in [4.69, 9.17) is 9.47 Å². The first-order valence-corrected chi connectivity index (χ1v) is 15.0. The number of sulfonamides is 1. The largest absolute Gasteiger partial charge is 0.495 e. The van der Waals surface area contributed by atoms with Gasteiger partial charge < -0.3 is 25.0 Å². The molecule has 0 fully saturated rings. The summed E-state index contributed by atoms with van der Waals surface area (Å²) in [5.74, 6) is -1.08. The summed E-state index contributed by atoms with van der Waals surface area (Å²) in [4.78, 5) is 22.3. The predicted molar refractivity (Wildman–Crippen MR) is 154 cm³/mol. The van der Waals surface area contributed by atoms with Crippen LogP contribution in [-0.4, -0.2) is 87.2 Å². The maximum absolute atomic E-state index is 14.0. The van der Waals surface area contributed by atoms with Crippen molar-refractivity contribution < 1.29 is 35.9 Å². The molecule has 0 spiro atoms. The molecule has 2 aromatic carbocycles. The lowest BCUT2D eigenvalue weighted by molar-refractivity contribution is -0.140. The van der Waals surface area contributed by atoms with Gasteiger partial charge in [-0.05, 0) is 43.4 Å². The highest BCUT2D eigenvalue weighted by molar-refractivity contribution is 7.88. The van der Waals surface area contributed by atoms with Crippen LogP contribution in [0.2, 0.25) is 0 Å². The normalized spacial score (nSPS) is 16.7. The standard InChI is InChI=1S/C28H33F3N6O5S/c1-36(2)13-12-32-25(38)18-10-11-21(22(15-18)41-4)34-27-33-16-20(28(29,30)31)26(35-27)42-23-14-17-8-6-7-9-19(17)24(23)37(3)43(5,39)40/h6-11,15-16,23-24H,12-14H2,1-5H3,(H,32,38)(H,33,34,35)/t23-,24-/m1/s1. The Labute approximate surface area is 248 Å². The SMILES string of the molecule is COc1cc(C(=O)NCCN(C)C)ccc1Nc1ncc(C(F)(F)F)c(O[C@@H]2Cc3ccccc3[C@H]2N(C)S(C)(=O)=O)n1. The van der Waals surface area contributed by atoms with Crippen molar-refractivity contribution in [3.63, 3.8) is 0 Å². The molecule has 0 saturated carbocycles. The summed E-state index contributed by atoms with van der Waals surface area (Å²) in [5, 5.41) is 5.62. The molecule has 0 aliphatic heterocycles. The molecule has 43 heavy (non-hydrogen) atoms. The average Bonchev–Trinajstić information content (AvgIpc) is 3.29. The van der Waals surface area contributed by atoms with Gasteiger partial charge in [-0.25, -0.2) is 13.4 Å². The van der Waals surface area contributed by atoms with E-state index in [1.807, 2.05) is 19.0 Å². The Hall–Kier alpha value is -3.95. The molecule has 15 heteroatoms. The summed E-state index contributed by atoms with van der Waals surface area (Å²) in [6, 6.07) is 10.6. The molecule has 1 heterocycles. The van der Waals surface area contributed by atoms with E-state index in [9.17, 15) is 26.4 Å². The number of hydrogen-bond donors (Lipinski definition) is 2. The van der Waals surface area contributed by atoms with Gasteiger partial charge in [0.2, 0.25) is 21.9 Å². The van der Waals surface area contributed by atoms with Crippen molar-refractivity contribution in [2.24, 2.45) is 0 Å². The topological polar surface area (TPSA) is 126 Å². The third-order valence-electron chi connectivity index (χ3n) is 6.94. The van der Waals surface area contributed by atoms with Gasteiger partial charge in [-0.3, -0.25) is 4.79 Å². The molecule has 3 aromatic rings. The highest BCUT2D eigenvalue weighted by atomic mass is 32.2. The minimum Gasteiger partial charge on any atom is -0.495 e. The van der Waals surface area contributed by atoms with Gasteiger partial charge in [0.25, 0.3) is 5.91 Å². The predicted octanol–water partition coefficient (Wildman–Crippen LogP) is 3.48. The van der Waals surface area contributed by atoms with Gasteiger partial charge >= 0.3 is 6.18 Å². The molecule has 11 nitrogen and oxygen atoms in total. The number of hydrogen-bond acceptors (Lipinski definition) is 9. The number of likely N-dealkylation sites (N-methyl/N-ethyl adjacent to an activating group) is 2. The lowest BCUT2D eigenvalue weighted by Gasteiger charge is -2.29. The Balaban J connectivity index is 1.63. The fourth-order valence-electron chi connectivity index (χ4n) is 4.69.